The van der Waals surface area contributed by atoms with Crippen LogP contribution in [0, 0.1) is 0 Å². The Morgan fingerprint density at radius 3 is 1.60 bits per heavy atom. The first-order chi connectivity index (χ1) is 12.0. The predicted octanol–water partition coefficient (Wildman–Crippen LogP) is 6.15. The second kappa shape index (κ2) is 17.3. The Balaban J connectivity index is 3.33. The van der Waals surface area contributed by atoms with Gasteiger partial charge in [-0.15, -0.1) is 0 Å². The molecule has 0 saturated carbocycles. The van der Waals surface area contributed by atoms with Gasteiger partial charge in [0.1, 0.15) is 0 Å². The molecule has 0 aliphatic heterocycles. The molecule has 0 amide bonds. The molecule has 0 radical (unpaired) electrons. The van der Waals surface area contributed by atoms with Gasteiger partial charge in [0.15, 0.2) is 0 Å². The molecule has 0 spiro atoms. The van der Waals surface area contributed by atoms with Crippen LogP contribution in [0.3, 0.4) is 0 Å². The normalized spacial score (nSPS) is 13.2. The van der Waals surface area contributed by atoms with Crippen molar-refractivity contribution in [3.63, 3.8) is 0 Å². The molecule has 0 saturated heterocycles. The molecule has 0 aliphatic rings. The van der Waals surface area contributed by atoms with Crippen LogP contribution in [0.2, 0.25) is 0 Å². The fraction of sp³-hybridized carbons (Fsp3) is 1.00. The topological polar surface area (TPSA) is 63.6 Å². The maximum Gasteiger partial charge on any atom is 0.267 e. The molecule has 5 heteroatoms. The van der Waals surface area contributed by atoms with Crippen molar-refractivity contribution in [2.24, 2.45) is 0 Å². The van der Waals surface area contributed by atoms with Crippen LogP contribution in [0.1, 0.15) is 110 Å². The van der Waals surface area contributed by atoms with Crippen LogP contribution in [0.15, 0.2) is 0 Å². The molecule has 1 unspecified atom stereocenters. The third-order valence-corrected chi connectivity index (χ3v) is 5.46. The van der Waals surface area contributed by atoms with Crippen molar-refractivity contribution in [1.29, 1.82) is 0 Å². The maximum absolute atomic E-state index is 10.7. The molecule has 152 valence electrons. The Bertz CT molecular complexity index is 368. The minimum Gasteiger partial charge on any atom is -0.377 e. The molecular formula is C20H42O4S. The zero-order valence-corrected chi connectivity index (χ0v) is 17.5. The maximum atomic E-state index is 10.7. The molecule has 0 fully saturated rings. The highest BCUT2D eigenvalue weighted by atomic mass is 32.2. The minimum atomic E-state index is -3.90. The largest absolute Gasteiger partial charge is 0.377 e. The standard InChI is InChI=1S/C20H42O4S/c1-3-5-6-7-8-9-10-11-12-13-14-15-16-17-20(4-2)24-18-19-25(21,22)23/h20H,3-19H2,1-2H3,(H,21,22,23). The summed E-state index contributed by atoms with van der Waals surface area (Å²) in [6.45, 7) is 4.41. The molecule has 0 aromatic carbocycles. The van der Waals surface area contributed by atoms with Gasteiger partial charge >= 0.3 is 0 Å². The van der Waals surface area contributed by atoms with Crippen LogP contribution >= 0.6 is 0 Å². The van der Waals surface area contributed by atoms with E-state index in [-0.39, 0.29) is 18.5 Å². The highest BCUT2D eigenvalue weighted by Crippen LogP contribution is 2.15. The highest BCUT2D eigenvalue weighted by Gasteiger charge is 2.09. The fourth-order valence-electron chi connectivity index (χ4n) is 3.12. The zero-order valence-electron chi connectivity index (χ0n) is 16.7. The van der Waals surface area contributed by atoms with Gasteiger partial charge in [-0.3, -0.25) is 4.55 Å². The Kier molecular flexibility index (Phi) is 17.2. The van der Waals surface area contributed by atoms with Crippen molar-refractivity contribution < 1.29 is 17.7 Å². The number of rotatable bonds is 19. The molecule has 0 aromatic heterocycles. The molecule has 4 nitrogen and oxygen atoms in total. The Hall–Kier alpha value is -0.130. The monoisotopic (exact) mass is 378 g/mol. The molecule has 0 bridgehead atoms. The third kappa shape index (κ3) is 20.0. The van der Waals surface area contributed by atoms with E-state index in [1.54, 1.807) is 0 Å². The van der Waals surface area contributed by atoms with Crippen molar-refractivity contribution in [3.8, 4) is 0 Å². The lowest BCUT2D eigenvalue weighted by Crippen LogP contribution is -2.18. The average Bonchev–Trinajstić information content (AvgIpc) is 2.56. The van der Waals surface area contributed by atoms with E-state index in [9.17, 15) is 8.42 Å². The van der Waals surface area contributed by atoms with Gasteiger partial charge in [0.05, 0.1) is 18.5 Å². The van der Waals surface area contributed by atoms with Gasteiger partial charge in [-0.05, 0) is 12.8 Å². The van der Waals surface area contributed by atoms with E-state index in [1.807, 2.05) is 0 Å². The van der Waals surface area contributed by atoms with Crippen molar-refractivity contribution in [1.82, 2.24) is 0 Å². The second-order valence-corrected chi connectivity index (χ2v) is 8.79. The summed E-state index contributed by atoms with van der Waals surface area (Å²) >= 11 is 0. The molecular weight excluding hydrogens is 336 g/mol. The number of unbranched alkanes of at least 4 members (excludes halogenated alkanes) is 12. The quantitative estimate of drug-likeness (QED) is 0.216. The summed E-state index contributed by atoms with van der Waals surface area (Å²) in [6, 6.07) is 0. The first kappa shape index (κ1) is 24.9. The summed E-state index contributed by atoms with van der Waals surface area (Å²) in [7, 11) is -3.90. The Morgan fingerprint density at radius 1 is 0.760 bits per heavy atom. The van der Waals surface area contributed by atoms with Crippen LogP contribution in [0.4, 0.5) is 0 Å². The lowest BCUT2D eigenvalue weighted by Gasteiger charge is -2.15. The first-order valence-corrected chi connectivity index (χ1v) is 12.2. The molecule has 1 atom stereocenters. The lowest BCUT2D eigenvalue weighted by molar-refractivity contribution is 0.0530. The summed E-state index contributed by atoms with van der Waals surface area (Å²) in [5.74, 6) is -0.303. The predicted molar refractivity (Wildman–Crippen MR) is 107 cm³/mol. The summed E-state index contributed by atoms with van der Waals surface area (Å²) < 4.78 is 35.6. The number of hydrogen-bond acceptors (Lipinski definition) is 3. The van der Waals surface area contributed by atoms with E-state index in [0.717, 1.165) is 19.3 Å². The van der Waals surface area contributed by atoms with Crippen LogP contribution < -0.4 is 0 Å². The van der Waals surface area contributed by atoms with Crippen molar-refractivity contribution in [2.45, 2.75) is 116 Å². The van der Waals surface area contributed by atoms with Crippen LogP contribution in [-0.2, 0) is 14.9 Å². The molecule has 25 heavy (non-hydrogen) atoms. The fourth-order valence-corrected chi connectivity index (χ4v) is 3.42. The lowest BCUT2D eigenvalue weighted by atomic mass is 10.0. The zero-order chi connectivity index (χ0) is 18.8. The first-order valence-electron chi connectivity index (χ1n) is 10.6. The van der Waals surface area contributed by atoms with E-state index in [1.165, 1.54) is 77.0 Å². The second-order valence-electron chi connectivity index (χ2n) is 7.22. The number of ether oxygens (including phenoxy) is 1. The van der Waals surface area contributed by atoms with Crippen molar-refractivity contribution in [2.75, 3.05) is 12.4 Å². The van der Waals surface area contributed by atoms with Gasteiger partial charge in [0.2, 0.25) is 0 Å². The smallest absolute Gasteiger partial charge is 0.267 e. The van der Waals surface area contributed by atoms with Crippen molar-refractivity contribution >= 4 is 10.1 Å². The average molecular weight is 379 g/mol. The highest BCUT2D eigenvalue weighted by molar-refractivity contribution is 7.85. The van der Waals surface area contributed by atoms with Gasteiger partial charge in [-0.25, -0.2) is 0 Å². The third-order valence-electron chi connectivity index (χ3n) is 4.78. The van der Waals surface area contributed by atoms with Crippen LogP contribution in [-0.4, -0.2) is 31.4 Å². The van der Waals surface area contributed by atoms with Crippen LogP contribution in [0.25, 0.3) is 0 Å². The Morgan fingerprint density at radius 2 is 1.20 bits per heavy atom. The van der Waals surface area contributed by atoms with Crippen LogP contribution in [0.5, 0.6) is 0 Å². The molecule has 0 aliphatic carbocycles. The van der Waals surface area contributed by atoms with E-state index in [0.29, 0.717) is 0 Å². The summed E-state index contributed by atoms with van der Waals surface area (Å²) in [5, 5.41) is 0. The molecule has 1 N–H and O–H groups in total. The summed E-state index contributed by atoms with van der Waals surface area (Å²) in [4.78, 5) is 0. The SMILES string of the molecule is CCCCCCCCCCCCCCCC(CC)OCCS(=O)(=O)O. The van der Waals surface area contributed by atoms with E-state index in [4.69, 9.17) is 9.29 Å². The van der Waals surface area contributed by atoms with E-state index >= 15 is 0 Å². The minimum absolute atomic E-state index is 0.0930. The molecule has 0 rings (SSSR count). The van der Waals surface area contributed by atoms with Gasteiger partial charge in [-0.2, -0.15) is 8.42 Å². The van der Waals surface area contributed by atoms with Gasteiger partial charge in [-0.1, -0.05) is 97.3 Å². The molecule has 0 aromatic rings. The summed E-state index contributed by atoms with van der Waals surface area (Å²) in [6.07, 6.45) is 19.5. The van der Waals surface area contributed by atoms with Crippen molar-refractivity contribution in [3.05, 3.63) is 0 Å². The van der Waals surface area contributed by atoms with E-state index < -0.39 is 10.1 Å². The Labute approximate surface area is 156 Å². The van der Waals surface area contributed by atoms with E-state index in [2.05, 4.69) is 13.8 Å². The number of hydrogen-bond donors (Lipinski definition) is 1. The molecule has 0 heterocycles. The van der Waals surface area contributed by atoms with Gasteiger partial charge < -0.3 is 4.74 Å². The van der Waals surface area contributed by atoms with Gasteiger partial charge in [0, 0.05) is 0 Å². The summed E-state index contributed by atoms with van der Waals surface area (Å²) in [5.41, 5.74) is 0. The van der Waals surface area contributed by atoms with Gasteiger partial charge in [0.25, 0.3) is 10.1 Å².